The summed E-state index contributed by atoms with van der Waals surface area (Å²) in [5, 5.41) is 8.96. The lowest BCUT2D eigenvalue weighted by atomic mass is 9.99. The molecule has 1 amide bonds. The molecule has 0 saturated carbocycles. The van der Waals surface area contributed by atoms with Crippen LogP contribution in [0.5, 0.6) is 0 Å². The molecule has 0 aliphatic carbocycles. The number of fused-ring (bicyclic) bond motifs is 1. The summed E-state index contributed by atoms with van der Waals surface area (Å²) in [6.45, 7) is 7.14. The van der Waals surface area contributed by atoms with Crippen LogP contribution in [0.2, 0.25) is 0 Å². The summed E-state index contributed by atoms with van der Waals surface area (Å²) in [4.78, 5) is 22.7. The van der Waals surface area contributed by atoms with Crippen LogP contribution < -0.4 is 4.90 Å². The number of carbonyl (C=O) groups is 1. The molecular weight excluding hydrogens is 440 g/mol. The number of aromatic nitrogens is 4. The highest BCUT2D eigenvalue weighted by Crippen LogP contribution is 2.33. The van der Waals surface area contributed by atoms with Crippen molar-refractivity contribution in [3.63, 3.8) is 0 Å². The summed E-state index contributed by atoms with van der Waals surface area (Å²) in [6.07, 6.45) is 6.15. The fourth-order valence-electron chi connectivity index (χ4n) is 5.37. The van der Waals surface area contributed by atoms with E-state index in [0.29, 0.717) is 23.9 Å². The normalized spacial score (nSPS) is 20.6. The average Bonchev–Trinajstić information content (AvgIpc) is 3.63. The molecule has 8 heteroatoms. The predicted molar refractivity (Wildman–Crippen MR) is 133 cm³/mol. The van der Waals surface area contributed by atoms with E-state index in [1.165, 1.54) is 6.42 Å². The van der Waals surface area contributed by atoms with Gasteiger partial charge in [-0.05, 0) is 38.5 Å². The average molecular weight is 471 g/mol. The van der Waals surface area contributed by atoms with E-state index >= 15 is 0 Å². The maximum atomic E-state index is 13.5. The number of rotatable bonds is 4. The largest absolute Gasteiger partial charge is 0.356 e. The van der Waals surface area contributed by atoms with Crippen LogP contribution in [0, 0.1) is 12.8 Å². The van der Waals surface area contributed by atoms with Crippen LogP contribution in [0.1, 0.15) is 60.4 Å². The molecule has 2 saturated heterocycles. The Morgan fingerprint density at radius 2 is 1.94 bits per heavy atom. The number of benzene rings is 1. The monoisotopic (exact) mass is 470 g/mol. The summed E-state index contributed by atoms with van der Waals surface area (Å²) < 4.78 is 7.36. The van der Waals surface area contributed by atoms with E-state index in [0.717, 1.165) is 60.6 Å². The lowest BCUT2D eigenvalue weighted by molar-refractivity contribution is 0.0595. The number of hydrogen-bond donors (Lipinski definition) is 0. The highest BCUT2D eigenvalue weighted by Gasteiger charge is 2.32. The number of aryl methyl sites for hydroxylation is 1. The molecule has 0 unspecified atom stereocenters. The van der Waals surface area contributed by atoms with Crippen LogP contribution >= 0.6 is 0 Å². The Kier molecular flexibility index (Phi) is 5.51. The molecule has 1 aromatic carbocycles. The van der Waals surface area contributed by atoms with Gasteiger partial charge in [-0.1, -0.05) is 42.4 Å². The van der Waals surface area contributed by atoms with Gasteiger partial charge < -0.3 is 14.3 Å². The second-order valence-electron chi connectivity index (χ2n) is 9.91. The molecule has 4 aromatic rings. The number of anilines is 1. The molecule has 8 nitrogen and oxygen atoms in total. The Bertz CT molecular complexity index is 1360. The van der Waals surface area contributed by atoms with E-state index < -0.39 is 0 Å². The second-order valence-corrected chi connectivity index (χ2v) is 9.91. The summed E-state index contributed by atoms with van der Waals surface area (Å²) in [5.74, 6) is 2.21. The number of amides is 1. The first-order valence-electron chi connectivity index (χ1n) is 12.5. The highest BCUT2D eigenvalue weighted by atomic mass is 16.5. The minimum Gasteiger partial charge on any atom is -0.356 e. The smallest absolute Gasteiger partial charge is 0.276 e. The summed E-state index contributed by atoms with van der Waals surface area (Å²) >= 11 is 0. The van der Waals surface area contributed by atoms with Crippen molar-refractivity contribution in [3.05, 3.63) is 65.6 Å². The summed E-state index contributed by atoms with van der Waals surface area (Å²) in [5.41, 5.74) is 4.06. The lowest BCUT2D eigenvalue weighted by Gasteiger charge is -2.34. The van der Waals surface area contributed by atoms with Crippen molar-refractivity contribution < 1.29 is 9.32 Å². The van der Waals surface area contributed by atoms with Crippen LogP contribution in [0.3, 0.4) is 0 Å². The first-order chi connectivity index (χ1) is 17.1. The minimum absolute atomic E-state index is 0.106. The third-order valence-corrected chi connectivity index (χ3v) is 7.24. The molecular formula is C27H30N6O2. The molecule has 35 heavy (non-hydrogen) atoms. The van der Waals surface area contributed by atoms with Gasteiger partial charge in [-0.2, -0.15) is 5.10 Å². The number of hydrogen-bond acceptors (Lipinski definition) is 6. The quantitative estimate of drug-likeness (QED) is 0.422. The van der Waals surface area contributed by atoms with Crippen molar-refractivity contribution in [2.75, 3.05) is 24.5 Å². The maximum absolute atomic E-state index is 13.5. The molecule has 5 heterocycles. The first-order valence-corrected chi connectivity index (χ1v) is 12.5. The topological polar surface area (TPSA) is 79.8 Å². The van der Waals surface area contributed by atoms with Gasteiger partial charge in [0.1, 0.15) is 5.82 Å². The molecule has 3 aromatic heterocycles. The number of likely N-dealkylation sites (tertiary alicyclic amines) is 1. The standard InChI is InChI=1S/C27H30N6O2/c1-18-11-13-31(16-18)26-19(2)17-33-25(28-26)15-21(29-33)23-10-6-7-12-32(23)27(34)22-14-24(35-30-22)20-8-4-3-5-9-20/h3-5,8-9,14-15,17-18,23H,6-7,10-13,16H2,1-2H3/t18-,23-/m0/s1. The minimum atomic E-state index is -0.117. The SMILES string of the molecule is Cc1cn2nc([C@@H]3CCCCN3C(=O)c3cc(-c4ccccc4)on3)cc2nc1N1CC[C@H](C)C1. The summed E-state index contributed by atoms with van der Waals surface area (Å²) in [6, 6.07) is 13.4. The highest BCUT2D eigenvalue weighted by molar-refractivity contribution is 5.93. The van der Waals surface area contributed by atoms with E-state index in [2.05, 4.69) is 30.1 Å². The van der Waals surface area contributed by atoms with Crippen LogP contribution in [-0.4, -0.2) is 50.2 Å². The van der Waals surface area contributed by atoms with E-state index in [1.54, 1.807) is 6.07 Å². The Morgan fingerprint density at radius 1 is 1.09 bits per heavy atom. The molecule has 180 valence electrons. The fourth-order valence-corrected chi connectivity index (χ4v) is 5.37. The van der Waals surface area contributed by atoms with E-state index in [1.807, 2.05) is 45.8 Å². The molecule has 2 aliphatic rings. The Labute approximate surface area is 204 Å². The molecule has 0 spiro atoms. The van der Waals surface area contributed by atoms with Crippen molar-refractivity contribution >= 4 is 17.4 Å². The van der Waals surface area contributed by atoms with Crippen LogP contribution in [0.25, 0.3) is 17.0 Å². The molecule has 2 fully saturated rings. The molecule has 2 aliphatic heterocycles. The second kappa shape index (κ2) is 8.83. The van der Waals surface area contributed by atoms with Gasteiger partial charge in [-0.15, -0.1) is 0 Å². The molecule has 0 N–H and O–H groups in total. The van der Waals surface area contributed by atoms with Gasteiger partial charge in [0.25, 0.3) is 5.91 Å². The van der Waals surface area contributed by atoms with Crippen molar-refractivity contribution in [2.24, 2.45) is 5.92 Å². The molecule has 0 radical (unpaired) electrons. The third kappa shape index (κ3) is 4.07. The van der Waals surface area contributed by atoms with E-state index in [4.69, 9.17) is 14.6 Å². The van der Waals surface area contributed by atoms with Gasteiger partial charge in [0.05, 0.1) is 11.7 Å². The van der Waals surface area contributed by atoms with Gasteiger partial charge in [0.15, 0.2) is 17.1 Å². The van der Waals surface area contributed by atoms with Gasteiger partial charge in [-0.3, -0.25) is 4.79 Å². The Balaban J connectivity index is 1.29. The van der Waals surface area contributed by atoms with Gasteiger partial charge in [0.2, 0.25) is 0 Å². The molecule has 6 rings (SSSR count). The van der Waals surface area contributed by atoms with Crippen molar-refractivity contribution in [3.8, 4) is 11.3 Å². The summed E-state index contributed by atoms with van der Waals surface area (Å²) in [7, 11) is 0. The molecule has 0 bridgehead atoms. The lowest BCUT2D eigenvalue weighted by Crippen LogP contribution is -2.38. The third-order valence-electron chi connectivity index (χ3n) is 7.24. The van der Waals surface area contributed by atoms with Gasteiger partial charge >= 0.3 is 0 Å². The van der Waals surface area contributed by atoms with E-state index in [-0.39, 0.29) is 11.9 Å². The zero-order chi connectivity index (χ0) is 23.9. The van der Waals surface area contributed by atoms with Crippen molar-refractivity contribution in [2.45, 2.75) is 45.6 Å². The Morgan fingerprint density at radius 3 is 2.74 bits per heavy atom. The molecule has 2 atom stereocenters. The van der Waals surface area contributed by atoms with Gasteiger partial charge in [0, 0.05) is 49.1 Å². The van der Waals surface area contributed by atoms with Crippen molar-refractivity contribution in [1.29, 1.82) is 0 Å². The zero-order valence-electron chi connectivity index (χ0n) is 20.2. The number of piperidine rings is 1. The van der Waals surface area contributed by atoms with Gasteiger partial charge in [-0.25, -0.2) is 9.50 Å². The first kappa shape index (κ1) is 21.8. The van der Waals surface area contributed by atoms with Crippen LogP contribution in [-0.2, 0) is 0 Å². The maximum Gasteiger partial charge on any atom is 0.276 e. The number of nitrogens with zero attached hydrogens (tertiary/aromatic N) is 6. The number of carbonyl (C=O) groups excluding carboxylic acids is 1. The fraction of sp³-hybridized carbons (Fsp3) is 0.407. The van der Waals surface area contributed by atoms with Crippen LogP contribution in [0.4, 0.5) is 5.82 Å². The Hall–Kier alpha value is -3.68. The zero-order valence-corrected chi connectivity index (χ0v) is 20.2. The predicted octanol–water partition coefficient (Wildman–Crippen LogP) is 4.91. The van der Waals surface area contributed by atoms with Crippen molar-refractivity contribution in [1.82, 2.24) is 24.7 Å². The van der Waals surface area contributed by atoms with Crippen LogP contribution in [0.15, 0.2) is 53.2 Å². The van der Waals surface area contributed by atoms with E-state index in [9.17, 15) is 4.79 Å².